The van der Waals surface area contributed by atoms with E-state index in [4.69, 9.17) is 10.2 Å². The topological polar surface area (TPSA) is 57.5 Å². The SMILES string of the molecule is Cc1ccsc1[C@@H](O)C(=O)O. The molecule has 60 valence electrons. The first-order valence-electron chi connectivity index (χ1n) is 3.08. The van der Waals surface area contributed by atoms with Gasteiger partial charge in [0.25, 0.3) is 0 Å². The highest BCUT2D eigenvalue weighted by atomic mass is 32.1. The molecule has 1 aromatic rings. The Bertz CT molecular complexity index is 266. The van der Waals surface area contributed by atoms with Crippen molar-refractivity contribution >= 4 is 17.3 Å². The lowest BCUT2D eigenvalue weighted by Crippen LogP contribution is -2.09. The molecule has 0 aliphatic heterocycles. The second-order valence-corrected chi connectivity index (χ2v) is 3.16. The monoisotopic (exact) mass is 172 g/mol. The fraction of sp³-hybridized carbons (Fsp3) is 0.286. The molecule has 1 rings (SSSR count). The molecule has 0 unspecified atom stereocenters. The fourth-order valence-electron chi connectivity index (χ4n) is 0.777. The maximum atomic E-state index is 10.3. The van der Waals surface area contributed by atoms with Crippen LogP contribution in [0.4, 0.5) is 0 Å². The van der Waals surface area contributed by atoms with E-state index in [1.165, 1.54) is 11.3 Å². The van der Waals surface area contributed by atoms with Crippen LogP contribution in [0, 0.1) is 6.92 Å². The number of aliphatic hydroxyl groups excluding tert-OH is 1. The highest BCUT2D eigenvalue weighted by molar-refractivity contribution is 7.10. The summed E-state index contributed by atoms with van der Waals surface area (Å²) in [7, 11) is 0. The molecule has 0 amide bonds. The minimum Gasteiger partial charge on any atom is -0.479 e. The molecule has 0 radical (unpaired) electrons. The van der Waals surface area contributed by atoms with Gasteiger partial charge in [-0.25, -0.2) is 4.79 Å². The zero-order valence-corrected chi connectivity index (χ0v) is 6.76. The molecule has 0 saturated heterocycles. The van der Waals surface area contributed by atoms with Crippen LogP contribution in [0.15, 0.2) is 11.4 Å². The molecular weight excluding hydrogens is 164 g/mol. The molecular formula is C7H8O3S. The van der Waals surface area contributed by atoms with Crippen molar-refractivity contribution in [1.29, 1.82) is 0 Å². The second-order valence-electron chi connectivity index (χ2n) is 2.21. The van der Waals surface area contributed by atoms with Crippen molar-refractivity contribution in [2.75, 3.05) is 0 Å². The van der Waals surface area contributed by atoms with Crippen LogP contribution in [-0.2, 0) is 4.79 Å². The summed E-state index contributed by atoms with van der Waals surface area (Å²) >= 11 is 1.26. The number of carbonyl (C=O) groups is 1. The standard InChI is InChI=1S/C7H8O3S/c1-4-2-3-11-6(4)5(8)7(9)10/h2-3,5,8H,1H3,(H,9,10)/t5-/m1/s1. The van der Waals surface area contributed by atoms with E-state index in [-0.39, 0.29) is 0 Å². The molecule has 0 aliphatic carbocycles. The van der Waals surface area contributed by atoms with Gasteiger partial charge in [-0.3, -0.25) is 0 Å². The second kappa shape index (κ2) is 3.02. The predicted octanol–water partition coefficient (Wildman–Crippen LogP) is 1.17. The summed E-state index contributed by atoms with van der Waals surface area (Å²) in [6.07, 6.45) is -1.37. The van der Waals surface area contributed by atoms with Gasteiger partial charge in [-0.1, -0.05) is 0 Å². The summed E-state index contributed by atoms with van der Waals surface area (Å²) in [6, 6.07) is 1.78. The number of aryl methyl sites for hydroxylation is 1. The van der Waals surface area contributed by atoms with Crippen LogP contribution >= 0.6 is 11.3 Å². The summed E-state index contributed by atoms with van der Waals surface area (Å²) in [6.45, 7) is 1.78. The normalized spacial score (nSPS) is 12.9. The van der Waals surface area contributed by atoms with Crippen LogP contribution in [0.25, 0.3) is 0 Å². The predicted molar refractivity (Wildman–Crippen MR) is 41.7 cm³/mol. The number of rotatable bonds is 2. The Morgan fingerprint density at radius 2 is 2.36 bits per heavy atom. The van der Waals surface area contributed by atoms with E-state index in [1.807, 2.05) is 0 Å². The Labute approximate surface area is 67.9 Å². The van der Waals surface area contributed by atoms with Crippen molar-refractivity contribution in [2.45, 2.75) is 13.0 Å². The lowest BCUT2D eigenvalue weighted by atomic mass is 10.2. The zero-order valence-electron chi connectivity index (χ0n) is 5.94. The average Bonchev–Trinajstić information content (AvgIpc) is 2.33. The molecule has 11 heavy (non-hydrogen) atoms. The Morgan fingerprint density at radius 1 is 1.73 bits per heavy atom. The molecule has 0 aliphatic rings. The molecule has 3 nitrogen and oxygen atoms in total. The van der Waals surface area contributed by atoms with Gasteiger partial charge in [0, 0.05) is 4.88 Å². The van der Waals surface area contributed by atoms with Gasteiger partial charge in [0.15, 0.2) is 6.10 Å². The summed E-state index contributed by atoms with van der Waals surface area (Å²) < 4.78 is 0. The fourth-order valence-corrected chi connectivity index (χ4v) is 1.68. The van der Waals surface area contributed by atoms with Crippen LogP contribution in [0.1, 0.15) is 16.5 Å². The molecule has 1 aromatic heterocycles. The van der Waals surface area contributed by atoms with E-state index in [0.29, 0.717) is 4.88 Å². The molecule has 0 fully saturated rings. The van der Waals surface area contributed by atoms with Gasteiger partial charge in [-0.15, -0.1) is 11.3 Å². The van der Waals surface area contributed by atoms with Crippen molar-refractivity contribution in [3.63, 3.8) is 0 Å². The number of carboxylic acid groups (broad SMARTS) is 1. The molecule has 0 aromatic carbocycles. The summed E-state index contributed by atoms with van der Waals surface area (Å²) in [5.41, 5.74) is 0.824. The highest BCUT2D eigenvalue weighted by Gasteiger charge is 2.18. The van der Waals surface area contributed by atoms with Gasteiger partial charge in [0.2, 0.25) is 0 Å². The van der Waals surface area contributed by atoms with Gasteiger partial charge < -0.3 is 10.2 Å². The third kappa shape index (κ3) is 1.58. The molecule has 4 heteroatoms. The van der Waals surface area contributed by atoms with Crippen molar-refractivity contribution in [1.82, 2.24) is 0 Å². The van der Waals surface area contributed by atoms with E-state index in [2.05, 4.69) is 0 Å². The first-order chi connectivity index (χ1) is 5.13. The number of carboxylic acids is 1. The van der Waals surface area contributed by atoms with E-state index in [1.54, 1.807) is 18.4 Å². The van der Waals surface area contributed by atoms with Gasteiger partial charge in [0.1, 0.15) is 0 Å². The average molecular weight is 172 g/mol. The Hall–Kier alpha value is -0.870. The van der Waals surface area contributed by atoms with Crippen LogP contribution in [0.3, 0.4) is 0 Å². The summed E-state index contributed by atoms with van der Waals surface area (Å²) in [5, 5.41) is 19.3. The van der Waals surface area contributed by atoms with E-state index in [9.17, 15) is 4.79 Å². The van der Waals surface area contributed by atoms with Crippen molar-refractivity contribution < 1.29 is 15.0 Å². The third-order valence-electron chi connectivity index (χ3n) is 1.38. The van der Waals surface area contributed by atoms with Crippen molar-refractivity contribution in [3.8, 4) is 0 Å². The quantitative estimate of drug-likeness (QED) is 0.704. The molecule has 0 bridgehead atoms. The van der Waals surface area contributed by atoms with Gasteiger partial charge in [0.05, 0.1) is 0 Å². The lowest BCUT2D eigenvalue weighted by Gasteiger charge is -2.02. The number of aliphatic hydroxyl groups is 1. The van der Waals surface area contributed by atoms with Crippen LogP contribution in [0.5, 0.6) is 0 Å². The molecule has 2 N–H and O–H groups in total. The third-order valence-corrected chi connectivity index (χ3v) is 2.46. The van der Waals surface area contributed by atoms with Gasteiger partial charge in [-0.05, 0) is 23.9 Å². The Balaban J connectivity index is 2.92. The maximum absolute atomic E-state index is 10.3. The van der Waals surface area contributed by atoms with E-state index < -0.39 is 12.1 Å². The highest BCUT2D eigenvalue weighted by Crippen LogP contribution is 2.23. The number of thiophene rings is 1. The minimum atomic E-state index is -1.37. The maximum Gasteiger partial charge on any atom is 0.338 e. The van der Waals surface area contributed by atoms with E-state index in [0.717, 1.165) is 5.56 Å². The molecule has 1 atom stereocenters. The van der Waals surface area contributed by atoms with Crippen LogP contribution < -0.4 is 0 Å². The zero-order chi connectivity index (χ0) is 8.43. The molecule has 1 heterocycles. The van der Waals surface area contributed by atoms with Gasteiger partial charge >= 0.3 is 5.97 Å². The number of hydrogen-bond acceptors (Lipinski definition) is 3. The van der Waals surface area contributed by atoms with Gasteiger partial charge in [-0.2, -0.15) is 0 Å². The van der Waals surface area contributed by atoms with Crippen LogP contribution in [-0.4, -0.2) is 16.2 Å². The first kappa shape index (κ1) is 8.23. The lowest BCUT2D eigenvalue weighted by molar-refractivity contribution is -0.146. The molecule has 0 saturated carbocycles. The minimum absolute atomic E-state index is 0.512. The van der Waals surface area contributed by atoms with Crippen molar-refractivity contribution in [3.05, 3.63) is 21.9 Å². The number of hydrogen-bond donors (Lipinski definition) is 2. The van der Waals surface area contributed by atoms with Crippen LogP contribution in [0.2, 0.25) is 0 Å². The number of aliphatic carboxylic acids is 1. The largest absolute Gasteiger partial charge is 0.479 e. The molecule has 0 spiro atoms. The smallest absolute Gasteiger partial charge is 0.338 e. The summed E-state index contributed by atoms with van der Waals surface area (Å²) in [5.74, 6) is -1.20. The first-order valence-corrected chi connectivity index (χ1v) is 3.95. The van der Waals surface area contributed by atoms with Crippen molar-refractivity contribution in [2.24, 2.45) is 0 Å². The Kier molecular flexibility index (Phi) is 2.26. The summed E-state index contributed by atoms with van der Waals surface area (Å²) in [4.78, 5) is 10.8. The van der Waals surface area contributed by atoms with E-state index >= 15 is 0 Å². The Morgan fingerprint density at radius 3 is 2.73 bits per heavy atom.